The van der Waals surface area contributed by atoms with Crippen LogP contribution in [0.1, 0.15) is 23.8 Å². The third kappa shape index (κ3) is 2.12. The van der Waals surface area contributed by atoms with Crippen molar-refractivity contribution in [3.8, 4) is 0 Å². The maximum atomic E-state index is 11.6. The molecule has 1 unspecified atom stereocenters. The number of nitrogens with two attached hydrogens (primary N) is 1. The zero-order valence-electron chi connectivity index (χ0n) is 7.80. The zero-order chi connectivity index (χ0) is 10.6. The molecular weight excluding hydrogens is 182 g/mol. The van der Waals surface area contributed by atoms with Crippen LogP contribution in [0.4, 0.5) is 0 Å². The summed E-state index contributed by atoms with van der Waals surface area (Å²) in [6, 6.07) is 1.47. The van der Waals surface area contributed by atoms with E-state index >= 15 is 0 Å². The van der Waals surface area contributed by atoms with Crippen molar-refractivity contribution in [2.75, 3.05) is 0 Å². The Kier molecular flexibility index (Phi) is 3.28. The van der Waals surface area contributed by atoms with Crippen LogP contribution in [0.2, 0.25) is 0 Å². The lowest BCUT2D eigenvalue weighted by molar-refractivity contribution is -0.120. The molecule has 1 aromatic rings. The second-order valence-electron chi connectivity index (χ2n) is 2.82. The molecule has 0 aliphatic rings. The maximum absolute atomic E-state index is 11.6. The van der Waals surface area contributed by atoms with Crippen LogP contribution in [-0.4, -0.2) is 21.7 Å². The highest BCUT2D eigenvalue weighted by Gasteiger charge is 2.24. The van der Waals surface area contributed by atoms with Crippen molar-refractivity contribution in [3.63, 3.8) is 0 Å². The fourth-order valence-corrected chi connectivity index (χ4v) is 1.13. The molecule has 14 heavy (non-hydrogen) atoms. The number of carbonyl (C=O) groups is 2. The lowest BCUT2D eigenvalue weighted by Gasteiger charge is -2.07. The summed E-state index contributed by atoms with van der Waals surface area (Å²) < 4.78 is 0. The summed E-state index contributed by atoms with van der Waals surface area (Å²) >= 11 is 0. The van der Waals surface area contributed by atoms with Crippen molar-refractivity contribution in [2.24, 2.45) is 11.7 Å². The van der Waals surface area contributed by atoms with Crippen LogP contribution in [0.5, 0.6) is 0 Å². The lowest BCUT2D eigenvalue weighted by Crippen LogP contribution is -2.30. The van der Waals surface area contributed by atoms with Gasteiger partial charge < -0.3 is 5.73 Å². The van der Waals surface area contributed by atoms with Crippen LogP contribution >= 0.6 is 0 Å². The first-order valence-electron chi connectivity index (χ1n) is 4.26. The van der Waals surface area contributed by atoms with Crippen LogP contribution in [0.15, 0.2) is 18.6 Å². The van der Waals surface area contributed by atoms with Gasteiger partial charge in [-0.1, -0.05) is 6.92 Å². The number of hydrogen-bond donors (Lipinski definition) is 1. The first-order chi connectivity index (χ1) is 6.66. The predicted molar refractivity (Wildman–Crippen MR) is 49.3 cm³/mol. The molecule has 74 valence electrons. The van der Waals surface area contributed by atoms with Gasteiger partial charge in [-0.2, -0.15) is 0 Å². The standard InChI is InChI=1S/C9H11N3O2/c1-2-6(9(10)14)8(13)7-3-4-11-5-12-7/h3-6H,2H2,1H3,(H2,10,14). The molecule has 0 bridgehead atoms. The summed E-state index contributed by atoms with van der Waals surface area (Å²) in [6.45, 7) is 1.73. The molecule has 1 aromatic heterocycles. The molecule has 1 amide bonds. The van der Waals surface area contributed by atoms with Gasteiger partial charge in [-0.05, 0) is 12.5 Å². The summed E-state index contributed by atoms with van der Waals surface area (Å²) in [5.74, 6) is -1.75. The Hall–Kier alpha value is -1.78. The summed E-state index contributed by atoms with van der Waals surface area (Å²) in [6.07, 6.45) is 3.10. The highest BCUT2D eigenvalue weighted by molar-refractivity contribution is 6.08. The molecule has 0 aliphatic heterocycles. The predicted octanol–water partition coefficient (Wildman–Crippen LogP) is 0.171. The number of amides is 1. The summed E-state index contributed by atoms with van der Waals surface area (Å²) in [4.78, 5) is 30.0. The Bertz CT molecular complexity index is 337. The Morgan fingerprint density at radius 2 is 2.29 bits per heavy atom. The monoisotopic (exact) mass is 193 g/mol. The molecular formula is C9H11N3O2. The average Bonchev–Trinajstić information content (AvgIpc) is 2.19. The number of ketones is 1. The summed E-state index contributed by atoms with van der Waals surface area (Å²) in [7, 11) is 0. The van der Waals surface area contributed by atoms with E-state index in [1.807, 2.05) is 0 Å². The summed E-state index contributed by atoms with van der Waals surface area (Å²) in [5.41, 5.74) is 5.31. The van der Waals surface area contributed by atoms with Crippen molar-refractivity contribution in [1.82, 2.24) is 9.97 Å². The second kappa shape index (κ2) is 4.45. The highest BCUT2D eigenvalue weighted by Crippen LogP contribution is 2.09. The number of nitrogens with zero attached hydrogens (tertiary/aromatic N) is 2. The van der Waals surface area contributed by atoms with Crippen molar-refractivity contribution in [1.29, 1.82) is 0 Å². The van der Waals surface area contributed by atoms with Gasteiger partial charge in [0.2, 0.25) is 5.91 Å². The SMILES string of the molecule is CCC(C(N)=O)C(=O)c1ccncn1. The molecule has 2 N–H and O–H groups in total. The van der Waals surface area contributed by atoms with Crippen LogP contribution in [0, 0.1) is 5.92 Å². The van der Waals surface area contributed by atoms with Gasteiger partial charge in [0.05, 0.1) is 0 Å². The quantitative estimate of drug-likeness (QED) is 0.545. The number of primary amides is 1. The molecule has 1 atom stereocenters. The molecule has 0 fully saturated rings. The van der Waals surface area contributed by atoms with Gasteiger partial charge in [0.15, 0.2) is 5.78 Å². The molecule has 0 aliphatic carbocycles. The molecule has 5 nitrogen and oxygen atoms in total. The van der Waals surface area contributed by atoms with Gasteiger partial charge in [0.1, 0.15) is 17.9 Å². The van der Waals surface area contributed by atoms with Gasteiger partial charge in [-0.25, -0.2) is 9.97 Å². The van der Waals surface area contributed by atoms with E-state index in [0.717, 1.165) is 0 Å². The number of rotatable bonds is 4. The lowest BCUT2D eigenvalue weighted by atomic mass is 9.98. The molecule has 1 rings (SSSR count). The minimum atomic E-state index is -0.787. The van der Waals surface area contributed by atoms with Gasteiger partial charge in [-0.15, -0.1) is 0 Å². The first kappa shape index (κ1) is 10.3. The maximum Gasteiger partial charge on any atom is 0.228 e. The van der Waals surface area contributed by atoms with Crippen LogP contribution in [0.25, 0.3) is 0 Å². The fraction of sp³-hybridized carbons (Fsp3) is 0.333. The van der Waals surface area contributed by atoms with Crippen molar-refractivity contribution >= 4 is 11.7 Å². The molecule has 5 heteroatoms. The van der Waals surface area contributed by atoms with Crippen LogP contribution < -0.4 is 5.73 Å². The van der Waals surface area contributed by atoms with E-state index in [1.165, 1.54) is 18.6 Å². The molecule has 0 aromatic carbocycles. The molecule has 0 spiro atoms. The number of aromatic nitrogens is 2. The minimum absolute atomic E-state index is 0.227. The highest BCUT2D eigenvalue weighted by atomic mass is 16.2. The Morgan fingerprint density at radius 1 is 1.57 bits per heavy atom. The van der Waals surface area contributed by atoms with E-state index in [0.29, 0.717) is 6.42 Å². The van der Waals surface area contributed by atoms with Gasteiger partial charge in [-0.3, -0.25) is 9.59 Å². The van der Waals surface area contributed by atoms with E-state index < -0.39 is 11.8 Å². The van der Waals surface area contributed by atoms with E-state index in [2.05, 4.69) is 9.97 Å². The second-order valence-corrected chi connectivity index (χ2v) is 2.82. The number of Topliss-reactive ketones (excluding diaryl/α,β-unsaturated/α-hetero) is 1. The Labute approximate surface area is 81.4 Å². The van der Waals surface area contributed by atoms with Crippen molar-refractivity contribution in [2.45, 2.75) is 13.3 Å². The molecule has 0 radical (unpaired) electrons. The smallest absolute Gasteiger partial charge is 0.228 e. The van der Waals surface area contributed by atoms with Crippen molar-refractivity contribution < 1.29 is 9.59 Å². The fourth-order valence-electron chi connectivity index (χ4n) is 1.13. The van der Waals surface area contributed by atoms with Crippen LogP contribution in [-0.2, 0) is 4.79 Å². The number of carbonyl (C=O) groups excluding carboxylic acids is 2. The Balaban J connectivity index is 2.89. The topological polar surface area (TPSA) is 85.9 Å². The van der Waals surface area contributed by atoms with Crippen LogP contribution in [0.3, 0.4) is 0 Å². The molecule has 0 saturated heterocycles. The Morgan fingerprint density at radius 3 is 2.71 bits per heavy atom. The van der Waals surface area contributed by atoms with E-state index in [4.69, 9.17) is 5.73 Å². The van der Waals surface area contributed by atoms with Gasteiger partial charge >= 0.3 is 0 Å². The first-order valence-corrected chi connectivity index (χ1v) is 4.26. The molecule has 0 saturated carbocycles. The molecule has 1 heterocycles. The van der Waals surface area contributed by atoms with E-state index in [-0.39, 0.29) is 11.5 Å². The average molecular weight is 193 g/mol. The van der Waals surface area contributed by atoms with E-state index in [1.54, 1.807) is 6.92 Å². The zero-order valence-corrected chi connectivity index (χ0v) is 7.80. The summed E-state index contributed by atoms with van der Waals surface area (Å²) in [5, 5.41) is 0. The largest absolute Gasteiger partial charge is 0.369 e. The van der Waals surface area contributed by atoms with Gasteiger partial charge in [0.25, 0.3) is 0 Å². The van der Waals surface area contributed by atoms with Crippen molar-refractivity contribution in [3.05, 3.63) is 24.3 Å². The third-order valence-electron chi connectivity index (χ3n) is 1.90. The van der Waals surface area contributed by atoms with E-state index in [9.17, 15) is 9.59 Å². The number of hydrogen-bond acceptors (Lipinski definition) is 4. The normalized spacial score (nSPS) is 12.1. The van der Waals surface area contributed by atoms with Gasteiger partial charge in [0, 0.05) is 6.20 Å². The third-order valence-corrected chi connectivity index (χ3v) is 1.90. The minimum Gasteiger partial charge on any atom is -0.369 e.